The predicted molar refractivity (Wildman–Crippen MR) is 149 cm³/mol. The number of carbonyl (C=O) groups is 3. The molecule has 1 aromatic carbocycles. The van der Waals surface area contributed by atoms with Crippen LogP contribution in [0.3, 0.4) is 0 Å². The van der Waals surface area contributed by atoms with Gasteiger partial charge in [0, 0.05) is 35.9 Å². The third kappa shape index (κ3) is 4.89. The number of anilines is 1. The molecule has 1 saturated carbocycles. The first kappa shape index (κ1) is 26.8. The van der Waals surface area contributed by atoms with Crippen LogP contribution in [0.25, 0.3) is 0 Å². The molecule has 4 aliphatic heterocycles. The average Bonchev–Trinajstić information content (AvgIpc) is 3.56. The van der Waals surface area contributed by atoms with Gasteiger partial charge in [0.2, 0.25) is 17.7 Å². The number of halogens is 1. The highest BCUT2D eigenvalue weighted by Crippen LogP contribution is 2.55. The monoisotopic (exact) mass is 554 g/mol. The maximum Gasteiger partial charge on any atom is 0.246 e. The van der Waals surface area contributed by atoms with Crippen molar-refractivity contribution in [1.29, 1.82) is 0 Å². The topological polar surface area (TPSA) is 91.0 Å². The lowest BCUT2D eigenvalue weighted by molar-refractivity contribution is -0.141. The number of carbonyl (C=O) groups excluding carboxylic acids is 3. The van der Waals surface area contributed by atoms with Gasteiger partial charge in [-0.15, -0.1) is 0 Å². The highest BCUT2D eigenvalue weighted by Gasteiger charge is 2.72. The highest BCUT2D eigenvalue weighted by molar-refractivity contribution is 6.30. The van der Waals surface area contributed by atoms with Crippen molar-refractivity contribution in [2.45, 2.75) is 88.1 Å². The fourth-order valence-electron chi connectivity index (χ4n) is 7.55. The molecule has 5 aliphatic rings. The van der Waals surface area contributed by atoms with Crippen molar-refractivity contribution in [2.24, 2.45) is 11.8 Å². The van der Waals surface area contributed by atoms with Crippen LogP contribution in [0.5, 0.6) is 0 Å². The van der Waals surface area contributed by atoms with E-state index in [1.807, 2.05) is 12.2 Å². The molecule has 0 radical (unpaired) electrons. The van der Waals surface area contributed by atoms with Crippen LogP contribution < -0.4 is 10.6 Å². The molecular weight excluding hydrogens is 516 g/mol. The van der Waals surface area contributed by atoms with E-state index < -0.39 is 29.6 Å². The van der Waals surface area contributed by atoms with Crippen LogP contribution in [0, 0.1) is 11.8 Å². The Hall–Kier alpha value is -2.42. The van der Waals surface area contributed by atoms with Crippen LogP contribution >= 0.6 is 11.6 Å². The molecule has 1 aliphatic carbocycles. The minimum absolute atomic E-state index is 0.116. The Labute approximate surface area is 235 Å². The van der Waals surface area contributed by atoms with Crippen LogP contribution in [0.15, 0.2) is 36.4 Å². The molecule has 8 nitrogen and oxygen atoms in total. The van der Waals surface area contributed by atoms with E-state index in [9.17, 15) is 14.4 Å². The Balaban J connectivity index is 1.27. The van der Waals surface area contributed by atoms with Crippen molar-refractivity contribution in [3.63, 3.8) is 0 Å². The summed E-state index contributed by atoms with van der Waals surface area (Å²) in [5.41, 5.74) is -0.564. The van der Waals surface area contributed by atoms with Gasteiger partial charge < -0.3 is 20.3 Å². The smallest absolute Gasteiger partial charge is 0.246 e. The van der Waals surface area contributed by atoms with Crippen molar-refractivity contribution in [3.05, 3.63) is 41.4 Å². The van der Waals surface area contributed by atoms with Gasteiger partial charge in [0.15, 0.2) is 0 Å². The number of piperidine rings is 1. The summed E-state index contributed by atoms with van der Waals surface area (Å²) >= 11 is 6.13. The number of benzene rings is 1. The molecule has 39 heavy (non-hydrogen) atoms. The Morgan fingerprint density at radius 2 is 1.87 bits per heavy atom. The van der Waals surface area contributed by atoms with E-state index in [1.165, 1.54) is 12.8 Å². The molecule has 6 rings (SSSR count). The van der Waals surface area contributed by atoms with Crippen LogP contribution in [0.1, 0.15) is 58.3 Å². The van der Waals surface area contributed by atoms with E-state index in [1.54, 1.807) is 29.2 Å². The largest absolute Gasteiger partial charge is 0.359 e. The summed E-state index contributed by atoms with van der Waals surface area (Å²) in [5.74, 6) is -2.07. The van der Waals surface area contributed by atoms with Crippen LogP contribution in [0.2, 0.25) is 5.02 Å². The molecule has 6 atom stereocenters. The summed E-state index contributed by atoms with van der Waals surface area (Å²) in [7, 11) is 0. The van der Waals surface area contributed by atoms with E-state index >= 15 is 0 Å². The number of likely N-dealkylation sites (tertiary alicyclic amines) is 2. The number of rotatable bonds is 7. The number of nitrogens with one attached hydrogen (secondary N) is 2. The number of hydrogen-bond acceptors (Lipinski definition) is 5. The van der Waals surface area contributed by atoms with Crippen LogP contribution in [-0.4, -0.2) is 77.0 Å². The van der Waals surface area contributed by atoms with Gasteiger partial charge in [0.1, 0.15) is 11.6 Å². The van der Waals surface area contributed by atoms with E-state index in [-0.39, 0.29) is 23.8 Å². The van der Waals surface area contributed by atoms with Gasteiger partial charge in [-0.1, -0.05) is 55.5 Å². The van der Waals surface area contributed by atoms with Crippen molar-refractivity contribution >= 4 is 35.0 Å². The highest BCUT2D eigenvalue weighted by atomic mass is 35.5. The van der Waals surface area contributed by atoms with E-state index in [4.69, 9.17) is 16.3 Å². The SMILES string of the molecule is C[C@@H]1CCCCN1CCN1C(=O)[C@@H]2[C@H](C(=O)Nc3cccc(Cl)c3)[C@@H]3C=C[C@@]2(O3)[C@@H]1C(=O)NC1CCCCC1. The van der Waals surface area contributed by atoms with E-state index in [0.29, 0.717) is 29.8 Å². The standard InChI is InChI=1S/C30H39ClN4O4/c1-19-8-5-6-15-34(19)16-17-35-26(28(37)32-21-10-3-2-4-11-21)30-14-13-23(39-30)24(25(30)29(35)38)27(36)33-22-12-7-9-20(31)18-22/h7,9,12-14,18-19,21,23-26H,2-6,8,10-11,15-17H2,1H3,(H,32,37)(H,33,36)/t19-,23+,24-,25+,26+,30+/m1/s1. The summed E-state index contributed by atoms with van der Waals surface area (Å²) in [6, 6.07) is 6.74. The third-order valence-corrected chi connectivity index (χ3v) is 9.77. The lowest BCUT2D eigenvalue weighted by Crippen LogP contribution is -2.57. The number of fused-ring (bicyclic) bond motifs is 1. The number of ether oxygens (including phenoxy) is 1. The lowest BCUT2D eigenvalue weighted by atomic mass is 9.74. The zero-order valence-electron chi connectivity index (χ0n) is 22.6. The van der Waals surface area contributed by atoms with Gasteiger partial charge in [0.05, 0.1) is 17.9 Å². The Kier molecular flexibility index (Phi) is 7.46. The van der Waals surface area contributed by atoms with E-state index in [0.717, 1.165) is 45.1 Å². The van der Waals surface area contributed by atoms with Gasteiger partial charge in [-0.25, -0.2) is 0 Å². The van der Waals surface area contributed by atoms with Gasteiger partial charge in [-0.05, 0) is 57.4 Å². The molecule has 9 heteroatoms. The summed E-state index contributed by atoms with van der Waals surface area (Å²) in [6.07, 6.45) is 12.0. The number of nitrogens with zero attached hydrogens (tertiary/aromatic N) is 2. The Bertz CT molecular complexity index is 1150. The summed E-state index contributed by atoms with van der Waals surface area (Å²) in [6.45, 7) is 4.37. The molecule has 2 bridgehead atoms. The fourth-order valence-corrected chi connectivity index (χ4v) is 7.74. The molecule has 4 heterocycles. The molecule has 1 aromatic rings. The van der Waals surface area contributed by atoms with Crippen molar-refractivity contribution < 1.29 is 19.1 Å². The average molecular weight is 555 g/mol. The summed E-state index contributed by atoms with van der Waals surface area (Å²) < 4.78 is 6.48. The first-order chi connectivity index (χ1) is 18.9. The molecule has 2 N–H and O–H groups in total. The Morgan fingerprint density at radius 3 is 2.64 bits per heavy atom. The first-order valence-electron chi connectivity index (χ1n) is 14.7. The fraction of sp³-hybridized carbons (Fsp3) is 0.633. The summed E-state index contributed by atoms with van der Waals surface area (Å²) in [5, 5.41) is 6.72. The second-order valence-electron chi connectivity index (χ2n) is 12.0. The molecular formula is C30H39ClN4O4. The first-order valence-corrected chi connectivity index (χ1v) is 15.0. The van der Waals surface area contributed by atoms with Crippen molar-refractivity contribution in [2.75, 3.05) is 25.0 Å². The van der Waals surface area contributed by atoms with Gasteiger partial charge >= 0.3 is 0 Å². The summed E-state index contributed by atoms with van der Waals surface area (Å²) in [4.78, 5) is 45.9. The van der Waals surface area contributed by atoms with Crippen LogP contribution in [-0.2, 0) is 19.1 Å². The number of hydrogen-bond donors (Lipinski definition) is 2. The molecule has 0 aromatic heterocycles. The normalized spacial score (nSPS) is 34.4. The minimum Gasteiger partial charge on any atom is -0.359 e. The molecule has 1 spiro atoms. The molecule has 4 fully saturated rings. The second kappa shape index (κ2) is 10.9. The quantitative estimate of drug-likeness (QED) is 0.501. The van der Waals surface area contributed by atoms with Gasteiger partial charge in [-0.3, -0.25) is 19.3 Å². The molecule has 3 amide bonds. The zero-order chi connectivity index (χ0) is 27.1. The van der Waals surface area contributed by atoms with Gasteiger partial charge in [-0.2, -0.15) is 0 Å². The van der Waals surface area contributed by atoms with Gasteiger partial charge in [0.25, 0.3) is 0 Å². The predicted octanol–water partition coefficient (Wildman–Crippen LogP) is 3.75. The second-order valence-corrected chi connectivity index (χ2v) is 12.4. The minimum atomic E-state index is -1.13. The van der Waals surface area contributed by atoms with Crippen LogP contribution in [0.4, 0.5) is 5.69 Å². The molecule has 0 unspecified atom stereocenters. The third-order valence-electron chi connectivity index (χ3n) is 9.54. The Morgan fingerprint density at radius 1 is 1.08 bits per heavy atom. The van der Waals surface area contributed by atoms with Crippen molar-refractivity contribution in [1.82, 2.24) is 15.1 Å². The zero-order valence-corrected chi connectivity index (χ0v) is 23.4. The maximum atomic E-state index is 14.2. The molecule has 3 saturated heterocycles. The number of amides is 3. The maximum absolute atomic E-state index is 14.2. The lowest BCUT2D eigenvalue weighted by Gasteiger charge is -2.37. The molecule has 210 valence electrons. The van der Waals surface area contributed by atoms with Crippen molar-refractivity contribution in [3.8, 4) is 0 Å². The van der Waals surface area contributed by atoms with E-state index in [2.05, 4.69) is 22.5 Å².